The van der Waals surface area contributed by atoms with E-state index >= 15 is 0 Å². The Bertz CT molecular complexity index is 647. The van der Waals surface area contributed by atoms with Gasteiger partial charge in [0.15, 0.2) is 5.75 Å². The van der Waals surface area contributed by atoms with Gasteiger partial charge in [-0.1, -0.05) is 6.92 Å². The van der Waals surface area contributed by atoms with Crippen molar-refractivity contribution in [1.29, 1.82) is 0 Å². The summed E-state index contributed by atoms with van der Waals surface area (Å²) < 4.78 is 10.9. The Balaban J connectivity index is 1.81. The zero-order chi connectivity index (χ0) is 14.8. The molecule has 0 radical (unpaired) electrons. The summed E-state index contributed by atoms with van der Waals surface area (Å²) >= 11 is 0. The molecule has 21 heavy (non-hydrogen) atoms. The highest BCUT2D eigenvalue weighted by Gasteiger charge is 2.30. The minimum Gasteiger partial charge on any atom is -0.502 e. The van der Waals surface area contributed by atoms with Gasteiger partial charge in [0.2, 0.25) is 5.43 Å². The predicted molar refractivity (Wildman–Crippen MR) is 76.9 cm³/mol. The average Bonchev–Trinajstić information content (AvgIpc) is 2.99. The number of piperidine rings is 1. The van der Waals surface area contributed by atoms with E-state index < -0.39 is 5.43 Å². The second-order valence-corrected chi connectivity index (χ2v) is 5.73. The lowest BCUT2D eigenvalue weighted by atomic mass is 9.91. The first kappa shape index (κ1) is 13.9. The summed E-state index contributed by atoms with van der Waals surface area (Å²) in [5.74, 6) is 1.79. The van der Waals surface area contributed by atoms with E-state index in [-0.39, 0.29) is 11.8 Å². The molecule has 5 heteroatoms. The predicted octanol–water partition coefficient (Wildman–Crippen LogP) is 2.91. The molecule has 0 saturated carbocycles. The molecule has 2 unspecified atom stereocenters. The van der Waals surface area contributed by atoms with E-state index in [0.717, 1.165) is 31.4 Å². The summed E-state index contributed by atoms with van der Waals surface area (Å²) in [6, 6.07) is 5.44. The van der Waals surface area contributed by atoms with Crippen molar-refractivity contribution in [3.05, 3.63) is 52.5 Å². The van der Waals surface area contributed by atoms with Gasteiger partial charge in [0.05, 0.1) is 18.8 Å². The van der Waals surface area contributed by atoms with Gasteiger partial charge in [0.25, 0.3) is 0 Å². The number of likely N-dealkylation sites (tertiary alicyclic amines) is 1. The largest absolute Gasteiger partial charge is 0.502 e. The first-order valence-corrected chi connectivity index (χ1v) is 7.21. The second kappa shape index (κ2) is 5.77. The smallest absolute Gasteiger partial charge is 0.226 e. The standard InChI is InChI=1S/C16H19NO4/c1-11-4-5-17(13(7-11)16-3-2-6-20-16)9-12-8-14(18)15(19)10-21-12/h2-3,6,8,10-11,13,19H,4-5,7,9H2,1H3. The molecule has 0 aromatic carbocycles. The summed E-state index contributed by atoms with van der Waals surface area (Å²) in [5, 5.41) is 9.25. The quantitative estimate of drug-likeness (QED) is 0.941. The van der Waals surface area contributed by atoms with E-state index in [0.29, 0.717) is 18.2 Å². The molecule has 1 saturated heterocycles. The van der Waals surface area contributed by atoms with Crippen LogP contribution in [0, 0.1) is 5.92 Å². The molecule has 0 bridgehead atoms. The lowest BCUT2D eigenvalue weighted by Crippen LogP contribution is -2.35. The van der Waals surface area contributed by atoms with E-state index in [9.17, 15) is 9.90 Å². The SMILES string of the molecule is CC1CCN(Cc2cc(=O)c(O)co2)C(c2ccco2)C1. The average molecular weight is 289 g/mol. The molecule has 2 atom stereocenters. The highest BCUT2D eigenvalue weighted by atomic mass is 16.4. The third kappa shape index (κ3) is 3.03. The molecule has 1 N–H and O–H groups in total. The summed E-state index contributed by atoms with van der Waals surface area (Å²) in [7, 11) is 0. The minimum atomic E-state index is -0.406. The highest BCUT2D eigenvalue weighted by molar-refractivity contribution is 5.16. The number of aromatic hydroxyl groups is 1. The van der Waals surface area contributed by atoms with Crippen LogP contribution in [0.25, 0.3) is 0 Å². The van der Waals surface area contributed by atoms with Gasteiger partial charge in [0.1, 0.15) is 17.8 Å². The molecular formula is C16H19NO4. The molecule has 112 valence electrons. The fraction of sp³-hybridized carbons (Fsp3) is 0.438. The van der Waals surface area contributed by atoms with Crippen LogP contribution in [-0.2, 0) is 6.54 Å². The molecule has 3 heterocycles. The van der Waals surface area contributed by atoms with Gasteiger partial charge < -0.3 is 13.9 Å². The van der Waals surface area contributed by atoms with Crippen molar-refractivity contribution in [3.63, 3.8) is 0 Å². The third-order valence-electron chi connectivity index (χ3n) is 4.07. The van der Waals surface area contributed by atoms with Crippen LogP contribution in [0.4, 0.5) is 0 Å². The van der Waals surface area contributed by atoms with Crippen molar-refractivity contribution in [2.75, 3.05) is 6.54 Å². The molecule has 1 aliphatic rings. The first-order chi connectivity index (χ1) is 10.1. The van der Waals surface area contributed by atoms with Crippen LogP contribution >= 0.6 is 0 Å². The van der Waals surface area contributed by atoms with Gasteiger partial charge in [-0.2, -0.15) is 0 Å². The fourth-order valence-corrected chi connectivity index (χ4v) is 2.88. The van der Waals surface area contributed by atoms with Crippen molar-refractivity contribution in [1.82, 2.24) is 4.90 Å². The van der Waals surface area contributed by atoms with Gasteiger partial charge in [-0.15, -0.1) is 0 Å². The summed E-state index contributed by atoms with van der Waals surface area (Å²) in [4.78, 5) is 13.8. The summed E-state index contributed by atoms with van der Waals surface area (Å²) in [5.41, 5.74) is -0.406. The maximum atomic E-state index is 11.5. The van der Waals surface area contributed by atoms with Gasteiger partial charge in [-0.25, -0.2) is 0 Å². The van der Waals surface area contributed by atoms with Gasteiger partial charge >= 0.3 is 0 Å². The highest BCUT2D eigenvalue weighted by Crippen LogP contribution is 2.35. The molecule has 5 nitrogen and oxygen atoms in total. The Morgan fingerprint density at radius 2 is 2.29 bits per heavy atom. The summed E-state index contributed by atoms with van der Waals surface area (Å²) in [6.07, 6.45) is 4.93. The molecule has 0 amide bonds. The van der Waals surface area contributed by atoms with Crippen LogP contribution in [0.15, 0.2) is 44.4 Å². The molecular weight excluding hydrogens is 270 g/mol. The number of hydrogen-bond donors (Lipinski definition) is 1. The van der Waals surface area contributed by atoms with Crippen molar-refractivity contribution in [2.24, 2.45) is 5.92 Å². The monoisotopic (exact) mass is 289 g/mol. The molecule has 0 spiro atoms. The molecule has 1 aliphatic heterocycles. The van der Waals surface area contributed by atoms with Crippen molar-refractivity contribution in [2.45, 2.75) is 32.4 Å². The Morgan fingerprint density at radius 3 is 3.00 bits per heavy atom. The minimum absolute atomic E-state index is 0.197. The van der Waals surface area contributed by atoms with Crippen LogP contribution in [0.1, 0.15) is 37.3 Å². The zero-order valence-corrected chi connectivity index (χ0v) is 12.0. The lowest BCUT2D eigenvalue weighted by molar-refractivity contribution is 0.0865. The van der Waals surface area contributed by atoms with Crippen LogP contribution in [0.5, 0.6) is 5.75 Å². The zero-order valence-electron chi connectivity index (χ0n) is 12.0. The van der Waals surface area contributed by atoms with Crippen LogP contribution < -0.4 is 5.43 Å². The van der Waals surface area contributed by atoms with E-state index in [1.54, 1.807) is 6.26 Å². The Hall–Kier alpha value is -2.01. The van der Waals surface area contributed by atoms with E-state index in [1.807, 2.05) is 12.1 Å². The van der Waals surface area contributed by atoms with Crippen molar-refractivity contribution in [3.8, 4) is 5.75 Å². The van der Waals surface area contributed by atoms with Gasteiger partial charge in [-0.3, -0.25) is 9.69 Å². The first-order valence-electron chi connectivity index (χ1n) is 7.21. The maximum Gasteiger partial charge on any atom is 0.226 e. The number of hydrogen-bond acceptors (Lipinski definition) is 5. The van der Waals surface area contributed by atoms with E-state index in [4.69, 9.17) is 8.83 Å². The van der Waals surface area contributed by atoms with E-state index in [2.05, 4.69) is 11.8 Å². The van der Waals surface area contributed by atoms with Gasteiger partial charge in [0, 0.05) is 6.07 Å². The summed E-state index contributed by atoms with van der Waals surface area (Å²) in [6.45, 7) is 3.71. The fourth-order valence-electron chi connectivity index (χ4n) is 2.88. The Kier molecular flexibility index (Phi) is 3.84. The molecule has 3 rings (SSSR count). The third-order valence-corrected chi connectivity index (χ3v) is 4.07. The lowest BCUT2D eigenvalue weighted by Gasteiger charge is -2.36. The Morgan fingerprint density at radius 1 is 1.43 bits per heavy atom. The van der Waals surface area contributed by atoms with Gasteiger partial charge in [-0.05, 0) is 37.4 Å². The normalized spacial score (nSPS) is 23.3. The topological polar surface area (TPSA) is 66.8 Å². The molecule has 0 aliphatic carbocycles. The molecule has 2 aromatic heterocycles. The molecule has 1 fully saturated rings. The van der Waals surface area contributed by atoms with Crippen molar-refractivity contribution >= 4 is 0 Å². The van der Waals surface area contributed by atoms with Crippen LogP contribution in [0.2, 0.25) is 0 Å². The molecule has 2 aromatic rings. The maximum absolute atomic E-state index is 11.5. The Labute approximate surface area is 122 Å². The number of rotatable bonds is 3. The second-order valence-electron chi connectivity index (χ2n) is 5.73. The number of furan rings is 1. The van der Waals surface area contributed by atoms with Crippen LogP contribution in [-0.4, -0.2) is 16.6 Å². The van der Waals surface area contributed by atoms with Crippen LogP contribution in [0.3, 0.4) is 0 Å². The van der Waals surface area contributed by atoms with Crippen molar-refractivity contribution < 1.29 is 13.9 Å². The van der Waals surface area contributed by atoms with E-state index in [1.165, 1.54) is 6.07 Å². The number of nitrogens with zero attached hydrogens (tertiary/aromatic N) is 1.